The summed E-state index contributed by atoms with van der Waals surface area (Å²) in [5.74, 6) is 0.312. The first-order valence-electron chi connectivity index (χ1n) is 7.15. The van der Waals surface area contributed by atoms with Crippen LogP contribution in [0.2, 0.25) is 0 Å². The lowest BCUT2D eigenvalue weighted by Crippen LogP contribution is -2.56. The predicted octanol–water partition coefficient (Wildman–Crippen LogP) is 1.32. The van der Waals surface area contributed by atoms with Crippen molar-refractivity contribution in [3.05, 3.63) is 0 Å². The molecular weight excluding hydrogens is 226 g/mol. The molecule has 4 nitrogen and oxygen atoms in total. The molecule has 18 heavy (non-hydrogen) atoms. The highest BCUT2D eigenvalue weighted by Crippen LogP contribution is 2.14. The van der Waals surface area contributed by atoms with Gasteiger partial charge in [0.2, 0.25) is 5.91 Å². The van der Waals surface area contributed by atoms with Crippen LogP contribution in [0, 0.1) is 0 Å². The smallest absolute Gasteiger partial charge is 0.222 e. The van der Waals surface area contributed by atoms with E-state index in [0.717, 1.165) is 26.1 Å². The first-order valence-corrected chi connectivity index (χ1v) is 7.15. The summed E-state index contributed by atoms with van der Waals surface area (Å²) >= 11 is 0. The van der Waals surface area contributed by atoms with Gasteiger partial charge < -0.3 is 10.2 Å². The van der Waals surface area contributed by atoms with Gasteiger partial charge in [-0.25, -0.2) is 0 Å². The van der Waals surface area contributed by atoms with Gasteiger partial charge in [0.15, 0.2) is 0 Å². The van der Waals surface area contributed by atoms with Gasteiger partial charge in [-0.2, -0.15) is 0 Å². The van der Waals surface area contributed by atoms with Crippen molar-refractivity contribution in [3.63, 3.8) is 0 Å². The van der Waals surface area contributed by atoms with E-state index in [4.69, 9.17) is 0 Å². The van der Waals surface area contributed by atoms with Crippen LogP contribution in [0.1, 0.15) is 40.5 Å². The molecule has 1 N–H and O–H groups in total. The Morgan fingerprint density at radius 2 is 1.83 bits per heavy atom. The molecule has 0 saturated carbocycles. The average Bonchev–Trinajstić information content (AvgIpc) is 2.30. The number of likely N-dealkylation sites (N-methyl/N-ethyl adjacent to an activating group) is 1. The summed E-state index contributed by atoms with van der Waals surface area (Å²) in [6.07, 6.45) is 1.61. The highest BCUT2D eigenvalue weighted by molar-refractivity contribution is 5.76. The Bertz CT molecular complexity index is 256. The van der Waals surface area contributed by atoms with Gasteiger partial charge in [-0.05, 0) is 33.9 Å². The van der Waals surface area contributed by atoms with Crippen molar-refractivity contribution in [3.8, 4) is 0 Å². The van der Waals surface area contributed by atoms with Crippen molar-refractivity contribution < 1.29 is 4.79 Å². The van der Waals surface area contributed by atoms with Crippen LogP contribution in [0.3, 0.4) is 0 Å². The maximum atomic E-state index is 12.1. The molecule has 1 fully saturated rings. The van der Waals surface area contributed by atoms with Crippen LogP contribution < -0.4 is 5.32 Å². The Balaban J connectivity index is 2.29. The van der Waals surface area contributed by atoms with Gasteiger partial charge in [0.05, 0.1) is 0 Å². The van der Waals surface area contributed by atoms with Gasteiger partial charge in [0.1, 0.15) is 0 Å². The topological polar surface area (TPSA) is 35.6 Å². The maximum Gasteiger partial charge on any atom is 0.222 e. The van der Waals surface area contributed by atoms with Gasteiger partial charge in [0.25, 0.3) is 0 Å². The lowest BCUT2D eigenvalue weighted by Gasteiger charge is -2.42. The lowest BCUT2D eigenvalue weighted by molar-refractivity contribution is -0.135. The molecule has 0 bridgehead atoms. The van der Waals surface area contributed by atoms with Crippen LogP contribution in [-0.2, 0) is 4.79 Å². The van der Waals surface area contributed by atoms with Gasteiger partial charge in [-0.15, -0.1) is 0 Å². The third kappa shape index (κ3) is 4.58. The fraction of sp³-hybridized carbons (Fsp3) is 0.929. The van der Waals surface area contributed by atoms with E-state index < -0.39 is 0 Å². The van der Waals surface area contributed by atoms with Crippen LogP contribution >= 0.6 is 0 Å². The van der Waals surface area contributed by atoms with Gasteiger partial charge in [0, 0.05) is 37.6 Å². The molecule has 0 spiro atoms. The van der Waals surface area contributed by atoms with E-state index in [1.165, 1.54) is 0 Å². The van der Waals surface area contributed by atoms with E-state index in [0.29, 0.717) is 30.5 Å². The van der Waals surface area contributed by atoms with Crippen LogP contribution in [-0.4, -0.2) is 60.5 Å². The van der Waals surface area contributed by atoms with Gasteiger partial charge in [-0.3, -0.25) is 9.69 Å². The maximum absolute atomic E-state index is 12.1. The first kappa shape index (κ1) is 15.4. The number of piperazine rings is 1. The summed E-state index contributed by atoms with van der Waals surface area (Å²) in [6.45, 7) is 11.3. The summed E-state index contributed by atoms with van der Waals surface area (Å²) in [4.78, 5) is 16.5. The summed E-state index contributed by atoms with van der Waals surface area (Å²) in [5.41, 5.74) is 0. The normalized spacial score (nSPS) is 25.8. The molecule has 4 heteroatoms. The lowest BCUT2D eigenvalue weighted by atomic mass is 10.1. The van der Waals surface area contributed by atoms with Gasteiger partial charge >= 0.3 is 0 Å². The van der Waals surface area contributed by atoms with E-state index in [9.17, 15) is 4.79 Å². The first-order chi connectivity index (χ1) is 8.41. The second-order valence-corrected chi connectivity index (χ2v) is 5.87. The van der Waals surface area contributed by atoms with E-state index in [2.05, 4.69) is 45.0 Å². The van der Waals surface area contributed by atoms with Crippen LogP contribution in [0.15, 0.2) is 0 Å². The third-order valence-corrected chi connectivity index (χ3v) is 3.83. The number of hydrogen-bond acceptors (Lipinski definition) is 3. The average molecular weight is 255 g/mol. The minimum Gasteiger partial charge on any atom is -0.340 e. The van der Waals surface area contributed by atoms with E-state index >= 15 is 0 Å². The summed E-state index contributed by atoms with van der Waals surface area (Å²) in [6, 6.07) is 1.43. The largest absolute Gasteiger partial charge is 0.340 e. The van der Waals surface area contributed by atoms with Crippen LogP contribution in [0.4, 0.5) is 0 Å². The summed E-state index contributed by atoms with van der Waals surface area (Å²) in [5, 5.41) is 3.35. The third-order valence-electron chi connectivity index (χ3n) is 3.83. The minimum absolute atomic E-state index is 0.312. The Morgan fingerprint density at radius 3 is 2.33 bits per heavy atom. The van der Waals surface area contributed by atoms with E-state index in [-0.39, 0.29) is 0 Å². The molecule has 1 saturated heterocycles. The van der Waals surface area contributed by atoms with Crippen LogP contribution in [0.5, 0.6) is 0 Å². The Kier molecular flexibility index (Phi) is 6.09. The monoisotopic (exact) mass is 255 g/mol. The minimum atomic E-state index is 0.312. The standard InChI is InChI=1S/C14H29N3O/c1-11(2)15-8-6-7-14(18)17-9-12(3)16(5)13(4)10-17/h11-13,15H,6-10H2,1-5H3. The predicted molar refractivity (Wildman–Crippen MR) is 75.6 cm³/mol. The number of nitrogens with zero attached hydrogens (tertiary/aromatic N) is 2. The quantitative estimate of drug-likeness (QED) is 0.753. The van der Waals surface area contributed by atoms with Crippen molar-refractivity contribution >= 4 is 5.91 Å². The Labute approximate surface area is 112 Å². The highest BCUT2D eigenvalue weighted by Gasteiger charge is 2.28. The Hall–Kier alpha value is -0.610. The fourth-order valence-corrected chi connectivity index (χ4v) is 2.40. The molecule has 2 atom stereocenters. The number of rotatable bonds is 5. The number of hydrogen-bond donors (Lipinski definition) is 1. The molecule has 1 amide bonds. The van der Waals surface area contributed by atoms with Crippen molar-refractivity contribution in [2.75, 3.05) is 26.7 Å². The van der Waals surface area contributed by atoms with Gasteiger partial charge in [-0.1, -0.05) is 13.8 Å². The van der Waals surface area contributed by atoms with Crippen molar-refractivity contribution in [2.45, 2.75) is 58.7 Å². The van der Waals surface area contributed by atoms with Crippen molar-refractivity contribution in [1.82, 2.24) is 15.1 Å². The number of carbonyl (C=O) groups excluding carboxylic acids is 1. The number of amides is 1. The highest BCUT2D eigenvalue weighted by atomic mass is 16.2. The molecule has 106 valence electrons. The Morgan fingerprint density at radius 1 is 1.28 bits per heavy atom. The second-order valence-electron chi connectivity index (χ2n) is 5.87. The number of carbonyl (C=O) groups is 1. The number of nitrogens with one attached hydrogen (secondary N) is 1. The second kappa shape index (κ2) is 7.10. The van der Waals surface area contributed by atoms with E-state index in [1.807, 2.05) is 4.90 Å². The summed E-state index contributed by atoms with van der Waals surface area (Å²) < 4.78 is 0. The molecule has 0 aliphatic carbocycles. The van der Waals surface area contributed by atoms with E-state index in [1.54, 1.807) is 0 Å². The molecule has 0 aromatic heterocycles. The molecule has 1 aliphatic heterocycles. The fourth-order valence-electron chi connectivity index (χ4n) is 2.40. The summed E-state index contributed by atoms with van der Waals surface area (Å²) in [7, 11) is 2.14. The molecule has 0 aromatic carbocycles. The molecule has 2 unspecified atom stereocenters. The molecule has 0 aromatic rings. The zero-order valence-corrected chi connectivity index (χ0v) is 12.6. The zero-order chi connectivity index (χ0) is 13.7. The van der Waals surface area contributed by atoms with Crippen molar-refractivity contribution in [2.24, 2.45) is 0 Å². The molecule has 1 aliphatic rings. The molecule has 1 heterocycles. The van der Waals surface area contributed by atoms with Crippen LogP contribution in [0.25, 0.3) is 0 Å². The van der Waals surface area contributed by atoms with Crippen molar-refractivity contribution in [1.29, 1.82) is 0 Å². The zero-order valence-electron chi connectivity index (χ0n) is 12.6. The molecular formula is C14H29N3O. The SMILES string of the molecule is CC(C)NCCCC(=O)N1CC(C)N(C)C(C)C1. The molecule has 0 radical (unpaired) electrons. The molecule has 1 rings (SSSR count).